The second-order valence-electron chi connectivity index (χ2n) is 4.76. The Morgan fingerprint density at radius 1 is 1.19 bits per heavy atom. The van der Waals surface area contributed by atoms with Gasteiger partial charge in [-0.2, -0.15) is 0 Å². The average Bonchev–Trinajstić information content (AvgIpc) is 2.39. The third-order valence-electron chi connectivity index (χ3n) is 3.00. The molecular weight excluding hydrogens is 204 g/mol. The third-order valence-corrected chi connectivity index (χ3v) is 3.00. The van der Waals surface area contributed by atoms with Crippen molar-refractivity contribution < 1.29 is 14.3 Å². The highest BCUT2D eigenvalue weighted by Gasteiger charge is 2.45. The van der Waals surface area contributed by atoms with Crippen molar-refractivity contribution in [2.24, 2.45) is 0 Å². The van der Waals surface area contributed by atoms with E-state index >= 15 is 0 Å². The van der Waals surface area contributed by atoms with Crippen molar-refractivity contribution in [2.75, 3.05) is 0 Å². The van der Waals surface area contributed by atoms with Gasteiger partial charge in [0.2, 0.25) is 0 Å². The van der Waals surface area contributed by atoms with Crippen LogP contribution in [0.4, 0.5) is 4.79 Å². The molecule has 0 spiro atoms. The van der Waals surface area contributed by atoms with Gasteiger partial charge in [-0.25, -0.2) is 4.79 Å². The fourth-order valence-electron chi connectivity index (χ4n) is 2.18. The maximum absolute atomic E-state index is 11.2. The molecule has 1 aliphatic rings. The van der Waals surface area contributed by atoms with Gasteiger partial charge in [0.15, 0.2) is 11.7 Å². The zero-order valence-corrected chi connectivity index (χ0v) is 10.0. The molecule has 0 saturated carbocycles. The quantitative estimate of drug-likeness (QED) is 0.681. The summed E-state index contributed by atoms with van der Waals surface area (Å²) < 4.78 is 10.4. The lowest BCUT2D eigenvalue weighted by Crippen LogP contribution is -2.27. The van der Waals surface area contributed by atoms with Crippen LogP contribution in [0.3, 0.4) is 0 Å². The molecule has 1 aromatic carbocycles. The van der Waals surface area contributed by atoms with Gasteiger partial charge >= 0.3 is 6.16 Å². The van der Waals surface area contributed by atoms with Crippen LogP contribution in [0.15, 0.2) is 18.2 Å². The predicted octanol–water partition coefficient (Wildman–Crippen LogP) is 3.29. The summed E-state index contributed by atoms with van der Waals surface area (Å²) in [6.07, 6.45) is -0.904. The molecule has 0 amide bonds. The van der Waals surface area contributed by atoms with Crippen LogP contribution in [0.1, 0.15) is 36.6 Å². The van der Waals surface area contributed by atoms with Crippen molar-refractivity contribution in [3.05, 3.63) is 34.9 Å². The smallest absolute Gasteiger partial charge is 0.424 e. The van der Waals surface area contributed by atoms with Gasteiger partial charge in [-0.15, -0.1) is 0 Å². The van der Waals surface area contributed by atoms with Crippen LogP contribution in [-0.4, -0.2) is 11.8 Å². The topological polar surface area (TPSA) is 35.5 Å². The molecular formula is C13H16O3. The number of carbonyl (C=O) groups is 1. The van der Waals surface area contributed by atoms with Crippen LogP contribution >= 0.6 is 0 Å². The molecule has 0 aromatic heterocycles. The van der Waals surface area contributed by atoms with Gasteiger partial charge in [-0.1, -0.05) is 18.2 Å². The highest BCUT2D eigenvalue weighted by atomic mass is 16.8. The monoisotopic (exact) mass is 220 g/mol. The van der Waals surface area contributed by atoms with Crippen molar-refractivity contribution >= 4 is 6.16 Å². The Morgan fingerprint density at radius 3 is 2.19 bits per heavy atom. The van der Waals surface area contributed by atoms with Crippen molar-refractivity contribution in [3.8, 4) is 0 Å². The summed E-state index contributed by atoms with van der Waals surface area (Å²) >= 11 is 0. The molecule has 1 atom stereocenters. The van der Waals surface area contributed by atoms with E-state index in [-0.39, 0.29) is 6.10 Å². The summed E-state index contributed by atoms with van der Waals surface area (Å²) in [5.41, 5.74) is 2.69. The van der Waals surface area contributed by atoms with E-state index in [9.17, 15) is 4.79 Å². The predicted molar refractivity (Wildman–Crippen MR) is 60.3 cm³/mol. The van der Waals surface area contributed by atoms with Gasteiger partial charge in [-0.3, -0.25) is 0 Å². The highest BCUT2D eigenvalue weighted by molar-refractivity contribution is 5.64. The Kier molecular flexibility index (Phi) is 2.41. The maximum atomic E-state index is 11.2. The SMILES string of the molecule is Cc1cccc(C)c1C1OC(=O)OC1(C)C. The lowest BCUT2D eigenvalue weighted by molar-refractivity contribution is 0.0637. The van der Waals surface area contributed by atoms with Crippen molar-refractivity contribution in [3.63, 3.8) is 0 Å². The number of ether oxygens (including phenoxy) is 2. The van der Waals surface area contributed by atoms with Crippen LogP contribution < -0.4 is 0 Å². The Bertz CT molecular complexity index is 415. The molecule has 0 aliphatic carbocycles. The minimum absolute atomic E-state index is 0.318. The fourth-order valence-corrected chi connectivity index (χ4v) is 2.18. The van der Waals surface area contributed by atoms with E-state index in [1.165, 1.54) is 0 Å². The molecule has 0 radical (unpaired) electrons. The van der Waals surface area contributed by atoms with Crippen molar-refractivity contribution in [2.45, 2.75) is 39.4 Å². The minimum atomic E-state index is -0.603. The van der Waals surface area contributed by atoms with Gasteiger partial charge in [0.25, 0.3) is 0 Å². The van der Waals surface area contributed by atoms with Gasteiger partial charge in [0.05, 0.1) is 0 Å². The van der Waals surface area contributed by atoms with E-state index in [2.05, 4.69) is 0 Å². The van der Waals surface area contributed by atoms with E-state index in [1.54, 1.807) is 0 Å². The van der Waals surface area contributed by atoms with E-state index in [0.717, 1.165) is 16.7 Å². The zero-order valence-electron chi connectivity index (χ0n) is 10.0. The summed E-state index contributed by atoms with van der Waals surface area (Å²) in [5, 5.41) is 0. The van der Waals surface area contributed by atoms with Gasteiger partial charge in [0.1, 0.15) is 0 Å². The zero-order chi connectivity index (χ0) is 11.9. The number of hydrogen-bond donors (Lipinski definition) is 0. The number of carbonyl (C=O) groups excluding carboxylic acids is 1. The summed E-state index contributed by atoms with van der Waals surface area (Å²) in [6, 6.07) is 6.04. The lowest BCUT2D eigenvalue weighted by Gasteiger charge is -2.24. The van der Waals surface area contributed by atoms with Crippen molar-refractivity contribution in [1.29, 1.82) is 0 Å². The number of benzene rings is 1. The summed E-state index contributed by atoms with van der Waals surface area (Å²) in [4.78, 5) is 11.2. The first-order valence-electron chi connectivity index (χ1n) is 5.37. The molecule has 1 aliphatic heterocycles. The summed E-state index contributed by atoms with van der Waals surface area (Å²) in [7, 11) is 0. The third kappa shape index (κ3) is 1.66. The first kappa shape index (κ1) is 11.0. The molecule has 1 unspecified atom stereocenters. The van der Waals surface area contributed by atoms with Crippen LogP contribution in [-0.2, 0) is 9.47 Å². The van der Waals surface area contributed by atoms with E-state index in [0.29, 0.717) is 0 Å². The Hall–Kier alpha value is -1.51. The van der Waals surface area contributed by atoms with E-state index < -0.39 is 11.8 Å². The molecule has 1 aromatic rings. The second-order valence-corrected chi connectivity index (χ2v) is 4.76. The number of hydrogen-bond acceptors (Lipinski definition) is 3. The molecule has 1 heterocycles. The maximum Gasteiger partial charge on any atom is 0.509 e. The Labute approximate surface area is 95.4 Å². The standard InChI is InChI=1S/C13H16O3/c1-8-6-5-7-9(2)10(8)11-13(3,4)16-12(14)15-11/h5-7,11H,1-4H3. The molecule has 16 heavy (non-hydrogen) atoms. The molecule has 2 rings (SSSR count). The Morgan fingerprint density at radius 2 is 1.75 bits per heavy atom. The van der Waals surface area contributed by atoms with E-state index in [1.807, 2.05) is 45.9 Å². The van der Waals surface area contributed by atoms with Gasteiger partial charge < -0.3 is 9.47 Å². The summed E-state index contributed by atoms with van der Waals surface area (Å²) in [5.74, 6) is 0. The van der Waals surface area contributed by atoms with Gasteiger partial charge in [0, 0.05) is 5.56 Å². The second kappa shape index (κ2) is 3.51. The number of aryl methyl sites for hydroxylation is 2. The number of cyclic esters (lactones) is 2. The summed E-state index contributed by atoms with van der Waals surface area (Å²) in [6.45, 7) is 7.78. The molecule has 3 nitrogen and oxygen atoms in total. The molecule has 0 bridgehead atoms. The fraction of sp³-hybridized carbons (Fsp3) is 0.462. The van der Waals surface area contributed by atoms with E-state index in [4.69, 9.17) is 9.47 Å². The number of rotatable bonds is 1. The van der Waals surface area contributed by atoms with Gasteiger partial charge in [-0.05, 0) is 38.8 Å². The molecule has 1 fully saturated rings. The van der Waals surface area contributed by atoms with Crippen molar-refractivity contribution in [1.82, 2.24) is 0 Å². The highest BCUT2D eigenvalue weighted by Crippen LogP contribution is 2.40. The van der Waals surface area contributed by atoms with Crippen LogP contribution in [0.5, 0.6) is 0 Å². The Balaban J connectivity index is 2.49. The normalized spacial score (nSPS) is 22.8. The van der Waals surface area contributed by atoms with Crippen LogP contribution in [0.2, 0.25) is 0 Å². The molecule has 1 saturated heterocycles. The largest absolute Gasteiger partial charge is 0.509 e. The molecule has 3 heteroatoms. The molecule has 0 N–H and O–H groups in total. The lowest BCUT2D eigenvalue weighted by atomic mass is 9.89. The average molecular weight is 220 g/mol. The van der Waals surface area contributed by atoms with Crippen LogP contribution in [0, 0.1) is 13.8 Å². The van der Waals surface area contributed by atoms with Crippen LogP contribution in [0.25, 0.3) is 0 Å². The molecule has 86 valence electrons. The minimum Gasteiger partial charge on any atom is -0.424 e. The first-order chi connectivity index (χ1) is 7.42. The first-order valence-corrected chi connectivity index (χ1v) is 5.37.